The average molecular weight is 224 g/mol. The normalized spacial score (nSPS) is 9.67. The van der Waals surface area contributed by atoms with Crippen molar-refractivity contribution in [3.05, 3.63) is 28.8 Å². The van der Waals surface area contributed by atoms with E-state index in [9.17, 15) is 0 Å². The molecule has 1 rings (SSSR count). The number of benzene rings is 1. The molecule has 3 nitrogen and oxygen atoms in total. The van der Waals surface area contributed by atoms with Crippen LogP contribution < -0.4 is 10.6 Å². The fraction of sp³-hybridized carbons (Fsp3) is 0.364. The lowest BCUT2D eigenvalue weighted by molar-refractivity contribution is 0.739. The van der Waals surface area contributed by atoms with E-state index in [1.807, 2.05) is 12.1 Å². The van der Waals surface area contributed by atoms with Crippen molar-refractivity contribution < 1.29 is 0 Å². The second-order valence-corrected chi connectivity index (χ2v) is 3.46. The number of halogens is 1. The Morgan fingerprint density at radius 2 is 2.20 bits per heavy atom. The Kier molecular flexibility index (Phi) is 4.96. The van der Waals surface area contributed by atoms with Crippen molar-refractivity contribution in [1.29, 1.82) is 5.26 Å². The summed E-state index contributed by atoms with van der Waals surface area (Å²) in [6, 6.07) is 7.50. The lowest BCUT2D eigenvalue weighted by Crippen LogP contribution is -2.21. The number of hydrogen-bond donors (Lipinski definition) is 2. The highest BCUT2D eigenvalue weighted by molar-refractivity contribution is 6.32. The summed E-state index contributed by atoms with van der Waals surface area (Å²) in [4.78, 5) is 0. The van der Waals surface area contributed by atoms with Gasteiger partial charge in [0.05, 0.1) is 16.3 Å². The van der Waals surface area contributed by atoms with Gasteiger partial charge in [-0.15, -0.1) is 0 Å². The monoisotopic (exact) mass is 223 g/mol. The second-order valence-electron chi connectivity index (χ2n) is 3.05. The van der Waals surface area contributed by atoms with Crippen molar-refractivity contribution in [1.82, 2.24) is 5.32 Å². The minimum absolute atomic E-state index is 0.492. The van der Waals surface area contributed by atoms with Gasteiger partial charge in [-0.25, -0.2) is 0 Å². The van der Waals surface area contributed by atoms with Crippen LogP contribution in [0.4, 0.5) is 5.69 Å². The van der Waals surface area contributed by atoms with Gasteiger partial charge in [-0.1, -0.05) is 24.6 Å². The van der Waals surface area contributed by atoms with Crippen LogP contribution in [0.1, 0.15) is 12.5 Å². The zero-order valence-corrected chi connectivity index (χ0v) is 9.43. The summed E-state index contributed by atoms with van der Waals surface area (Å²) in [6.45, 7) is 4.65. The molecule has 0 bridgehead atoms. The Morgan fingerprint density at radius 1 is 1.40 bits per heavy atom. The third-order valence-corrected chi connectivity index (χ3v) is 2.31. The van der Waals surface area contributed by atoms with Crippen molar-refractivity contribution in [3.63, 3.8) is 0 Å². The predicted octanol–water partition coefficient (Wildman–Crippen LogP) is 2.23. The molecule has 15 heavy (non-hydrogen) atoms. The van der Waals surface area contributed by atoms with Crippen LogP contribution in [-0.2, 0) is 0 Å². The summed E-state index contributed by atoms with van der Waals surface area (Å²) in [5.74, 6) is 0. The molecule has 0 amide bonds. The first kappa shape index (κ1) is 11.8. The van der Waals surface area contributed by atoms with Crippen molar-refractivity contribution in [2.75, 3.05) is 25.0 Å². The van der Waals surface area contributed by atoms with Crippen LogP contribution in [0, 0.1) is 11.3 Å². The third kappa shape index (κ3) is 3.43. The predicted molar refractivity (Wildman–Crippen MR) is 63.2 cm³/mol. The van der Waals surface area contributed by atoms with E-state index in [0.29, 0.717) is 10.6 Å². The smallest absolute Gasteiger partial charge is 0.103 e. The fourth-order valence-electron chi connectivity index (χ4n) is 1.25. The van der Waals surface area contributed by atoms with Crippen molar-refractivity contribution in [3.8, 4) is 6.07 Å². The lowest BCUT2D eigenvalue weighted by Gasteiger charge is -2.08. The summed E-state index contributed by atoms with van der Waals surface area (Å²) >= 11 is 5.89. The van der Waals surface area contributed by atoms with Crippen LogP contribution in [0.3, 0.4) is 0 Å². The molecule has 0 aliphatic rings. The van der Waals surface area contributed by atoms with Gasteiger partial charge in [-0.05, 0) is 18.7 Å². The minimum atomic E-state index is 0.492. The first-order chi connectivity index (χ1) is 7.29. The molecule has 0 aliphatic heterocycles. The maximum absolute atomic E-state index is 8.91. The van der Waals surface area contributed by atoms with E-state index < -0.39 is 0 Å². The summed E-state index contributed by atoms with van der Waals surface area (Å²) < 4.78 is 0. The summed E-state index contributed by atoms with van der Waals surface area (Å²) in [6.07, 6.45) is 0. The van der Waals surface area contributed by atoms with Gasteiger partial charge < -0.3 is 10.6 Å². The zero-order valence-electron chi connectivity index (χ0n) is 8.68. The molecular formula is C11H14ClN3. The van der Waals surface area contributed by atoms with E-state index in [0.717, 1.165) is 25.3 Å². The molecule has 0 spiro atoms. The minimum Gasteiger partial charge on any atom is -0.383 e. The molecule has 0 fully saturated rings. The molecule has 0 aliphatic carbocycles. The number of likely N-dealkylation sites (N-methyl/N-ethyl adjacent to an activating group) is 1. The standard InChI is InChI=1S/C11H14ClN3/c1-2-14-6-7-15-11-5-3-4-10(12)9(11)8-13/h3-5,14-15H,2,6-7H2,1H3. The van der Waals surface area contributed by atoms with Gasteiger partial charge in [0.2, 0.25) is 0 Å². The SMILES string of the molecule is CCNCCNc1cccc(Cl)c1C#N. The average Bonchev–Trinajstić information content (AvgIpc) is 2.24. The molecule has 1 aromatic carbocycles. The molecule has 2 N–H and O–H groups in total. The Labute approximate surface area is 95.1 Å². The summed E-state index contributed by atoms with van der Waals surface area (Å²) in [5, 5.41) is 15.8. The topological polar surface area (TPSA) is 47.8 Å². The van der Waals surface area contributed by atoms with Crippen molar-refractivity contribution in [2.24, 2.45) is 0 Å². The van der Waals surface area contributed by atoms with E-state index >= 15 is 0 Å². The van der Waals surface area contributed by atoms with Crippen LogP contribution >= 0.6 is 11.6 Å². The maximum atomic E-state index is 8.91. The Balaban J connectivity index is 2.61. The molecule has 0 saturated carbocycles. The van der Waals surface area contributed by atoms with E-state index in [4.69, 9.17) is 16.9 Å². The van der Waals surface area contributed by atoms with Crippen LogP contribution in [0.15, 0.2) is 18.2 Å². The van der Waals surface area contributed by atoms with Crippen LogP contribution in [0.5, 0.6) is 0 Å². The van der Waals surface area contributed by atoms with E-state index in [1.54, 1.807) is 6.07 Å². The van der Waals surface area contributed by atoms with E-state index in [2.05, 4.69) is 23.6 Å². The van der Waals surface area contributed by atoms with Gasteiger partial charge in [0, 0.05) is 13.1 Å². The molecule has 0 radical (unpaired) electrons. The zero-order chi connectivity index (χ0) is 11.1. The molecule has 80 valence electrons. The highest BCUT2D eigenvalue weighted by atomic mass is 35.5. The van der Waals surface area contributed by atoms with Crippen LogP contribution in [0.2, 0.25) is 5.02 Å². The number of anilines is 1. The Hall–Kier alpha value is -1.24. The number of hydrogen-bond acceptors (Lipinski definition) is 3. The van der Waals surface area contributed by atoms with Gasteiger partial charge in [0.25, 0.3) is 0 Å². The maximum Gasteiger partial charge on any atom is 0.103 e. The molecule has 4 heteroatoms. The number of nitrogens with zero attached hydrogens (tertiary/aromatic N) is 1. The van der Waals surface area contributed by atoms with Gasteiger partial charge in [-0.3, -0.25) is 0 Å². The molecule has 0 aromatic heterocycles. The lowest BCUT2D eigenvalue weighted by atomic mass is 10.2. The van der Waals surface area contributed by atoms with Gasteiger partial charge in [-0.2, -0.15) is 5.26 Å². The van der Waals surface area contributed by atoms with Gasteiger partial charge in [0.1, 0.15) is 6.07 Å². The molecular weight excluding hydrogens is 210 g/mol. The third-order valence-electron chi connectivity index (χ3n) is 1.99. The van der Waals surface area contributed by atoms with Gasteiger partial charge in [0.15, 0.2) is 0 Å². The molecule has 1 aromatic rings. The highest BCUT2D eigenvalue weighted by Gasteiger charge is 2.04. The molecule has 0 unspecified atom stereocenters. The van der Waals surface area contributed by atoms with Gasteiger partial charge >= 0.3 is 0 Å². The van der Waals surface area contributed by atoms with Crippen molar-refractivity contribution in [2.45, 2.75) is 6.92 Å². The molecule has 0 saturated heterocycles. The van der Waals surface area contributed by atoms with E-state index in [-0.39, 0.29) is 0 Å². The Bertz CT molecular complexity index is 357. The van der Waals surface area contributed by atoms with E-state index in [1.165, 1.54) is 0 Å². The second kappa shape index (κ2) is 6.28. The van der Waals surface area contributed by atoms with Crippen LogP contribution in [-0.4, -0.2) is 19.6 Å². The Morgan fingerprint density at radius 3 is 2.87 bits per heavy atom. The number of nitriles is 1. The van der Waals surface area contributed by atoms with Crippen molar-refractivity contribution >= 4 is 17.3 Å². The molecule has 0 heterocycles. The number of nitrogens with one attached hydrogen (secondary N) is 2. The largest absolute Gasteiger partial charge is 0.383 e. The van der Waals surface area contributed by atoms with Crippen LogP contribution in [0.25, 0.3) is 0 Å². The summed E-state index contributed by atoms with van der Waals surface area (Å²) in [7, 11) is 0. The quantitative estimate of drug-likeness (QED) is 0.753. The molecule has 0 atom stereocenters. The first-order valence-corrected chi connectivity index (χ1v) is 5.30. The summed E-state index contributed by atoms with van der Waals surface area (Å²) in [5.41, 5.74) is 1.30. The fourth-order valence-corrected chi connectivity index (χ4v) is 1.46. The first-order valence-electron chi connectivity index (χ1n) is 4.92. The highest BCUT2D eigenvalue weighted by Crippen LogP contribution is 2.22. The number of rotatable bonds is 5.